The summed E-state index contributed by atoms with van der Waals surface area (Å²) in [4.78, 5) is 25.1. The molecule has 1 atom stereocenters. The van der Waals surface area contributed by atoms with Crippen molar-refractivity contribution in [3.05, 3.63) is 58.1 Å². The lowest BCUT2D eigenvalue weighted by molar-refractivity contribution is 0.0857. The molecule has 0 aromatic heterocycles. The third kappa shape index (κ3) is 7.08. The zero-order valence-electron chi connectivity index (χ0n) is 17.9. The summed E-state index contributed by atoms with van der Waals surface area (Å²) >= 11 is 3.48. The van der Waals surface area contributed by atoms with Crippen molar-refractivity contribution in [2.75, 3.05) is 25.1 Å². The maximum atomic E-state index is 12.7. The molecule has 2 amide bonds. The Morgan fingerprint density at radius 1 is 1.16 bits per heavy atom. The van der Waals surface area contributed by atoms with E-state index in [0.717, 1.165) is 30.3 Å². The Morgan fingerprint density at radius 2 is 1.97 bits per heavy atom. The van der Waals surface area contributed by atoms with E-state index in [4.69, 9.17) is 9.47 Å². The first-order chi connectivity index (χ1) is 14.9. The third-order valence-electron chi connectivity index (χ3n) is 5.04. The normalized spacial score (nSPS) is 15.7. The molecule has 2 aromatic rings. The van der Waals surface area contributed by atoms with Crippen LogP contribution in [0.15, 0.2) is 46.9 Å². The van der Waals surface area contributed by atoms with Crippen LogP contribution in [0.5, 0.6) is 5.75 Å². The van der Waals surface area contributed by atoms with Gasteiger partial charge in [-0.25, -0.2) is 0 Å². The van der Waals surface area contributed by atoms with Gasteiger partial charge in [0.1, 0.15) is 5.75 Å². The number of rotatable bonds is 9. The highest BCUT2D eigenvalue weighted by Crippen LogP contribution is 2.27. The Hall–Kier alpha value is -2.38. The smallest absolute Gasteiger partial charge is 0.255 e. The number of anilines is 1. The van der Waals surface area contributed by atoms with Crippen molar-refractivity contribution in [2.45, 2.75) is 39.2 Å². The van der Waals surface area contributed by atoms with Crippen molar-refractivity contribution < 1.29 is 19.1 Å². The topological polar surface area (TPSA) is 76.7 Å². The molecule has 1 aliphatic rings. The average molecular weight is 489 g/mol. The van der Waals surface area contributed by atoms with Gasteiger partial charge in [0, 0.05) is 30.0 Å². The monoisotopic (exact) mass is 488 g/mol. The van der Waals surface area contributed by atoms with E-state index in [1.54, 1.807) is 42.5 Å². The van der Waals surface area contributed by atoms with E-state index < -0.39 is 0 Å². The lowest BCUT2D eigenvalue weighted by Crippen LogP contribution is -2.31. The number of carbonyl (C=O) groups is 2. The number of benzene rings is 2. The van der Waals surface area contributed by atoms with E-state index in [1.165, 1.54) is 0 Å². The summed E-state index contributed by atoms with van der Waals surface area (Å²) in [7, 11) is 0. The SMILES string of the molecule is CC(C)CCOc1ccc(C(=O)Nc2cccc(C(=O)NCC3CCCO3)c2)cc1Br. The minimum atomic E-state index is -0.258. The lowest BCUT2D eigenvalue weighted by Gasteiger charge is -2.12. The second kappa shape index (κ2) is 11.3. The molecule has 1 aliphatic heterocycles. The summed E-state index contributed by atoms with van der Waals surface area (Å²) in [6, 6.07) is 12.1. The molecular formula is C24H29BrN2O4. The van der Waals surface area contributed by atoms with Crippen molar-refractivity contribution in [3.8, 4) is 5.75 Å². The fraction of sp³-hybridized carbons (Fsp3) is 0.417. The number of carbonyl (C=O) groups excluding carboxylic acids is 2. The summed E-state index contributed by atoms with van der Waals surface area (Å²) < 4.78 is 12.0. The Kier molecular flexibility index (Phi) is 8.49. The van der Waals surface area contributed by atoms with Crippen molar-refractivity contribution in [1.29, 1.82) is 0 Å². The summed E-state index contributed by atoms with van der Waals surface area (Å²) in [5, 5.41) is 5.74. The van der Waals surface area contributed by atoms with Crippen molar-refractivity contribution in [3.63, 3.8) is 0 Å². The molecule has 1 heterocycles. The third-order valence-corrected chi connectivity index (χ3v) is 5.66. The van der Waals surface area contributed by atoms with Crippen LogP contribution in [0.1, 0.15) is 53.8 Å². The molecule has 2 aromatic carbocycles. The maximum absolute atomic E-state index is 12.7. The van der Waals surface area contributed by atoms with E-state index in [2.05, 4.69) is 40.4 Å². The summed E-state index contributed by atoms with van der Waals surface area (Å²) in [6.07, 6.45) is 3.05. The van der Waals surface area contributed by atoms with Gasteiger partial charge < -0.3 is 20.1 Å². The molecule has 6 nitrogen and oxygen atoms in total. The van der Waals surface area contributed by atoms with Crippen LogP contribution >= 0.6 is 15.9 Å². The predicted molar refractivity (Wildman–Crippen MR) is 125 cm³/mol. The second-order valence-corrected chi connectivity index (χ2v) is 8.91. The molecule has 0 aliphatic carbocycles. The zero-order chi connectivity index (χ0) is 22.2. The number of ether oxygens (including phenoxy) is 2. The van der Waals surface area contributed by atoms with Crippen LogP contribution in [-0.2, 0) is 4.74 Å². The van der Waals surface area contributed by atoms with E-state index in [0.29, 0.717) is 41.6 Å². The molecule has 0 saturated carbocycles. The standard InChI is InChI=1S/C24H29BrN2O4/c1-16(2)10-12-31-22-9-8-18(14-21(22)25)24(29)27-19-6-3-5-17(13-19)23(28)26-15-20-7-4-11-30-20/h3,5-6,8-9,13-14,16,20H,4,7,10-12,15H2,1-2H3,(H,26,28)(H,27,29). The molecule has 0 radical (unpaired) electrons. The van der Waals surface area contributed by atoms with Gasteiger partial charge in [0.05, 0.1) is 17.2 Å². The van der Waals surface area contributed by atoms with Crippen LogP contribution in [0, 0.1) is 5.92 Å². The molecule has 2 N–H and O–H groups in total. The highest BCUT2D eigenvalue weighted by molar-refractivity contribution is 9.10. The summed E-state index contributed by atoms with van der Waals surface area (Å²) in [5.41, 5.74) is 1.55. The number of hydrogen-bond donors (Lipinski definition) is 2. The first kappa shape index (κ1) is 23.3. The molecule has 0 spiro atoms. The Balaban J connectivity index is 1.57. The van der Waals surface area contributed by atoms with Gasteiger partial charge in [-0.3, -0.25) is 9.59 Å². The first-order valence-corrected chi connectivity index (χ1v) is 11.4. The Labute approximate surface area is 191 Å². The van der Waals surface area contributed by atoms with Crippen LogP contribution < -0.4 is 15.4 Å². The van der Waals surface area contributed by atoms with E-state index in [-0.39, 0.29) is 17.9 Å². The average Bonchev–Trinajstić information content (AvgIpc) is 3.26. The molecule has 0 bridgehead atoms. The summed E-state index contributed by atoms with van der Waals surface area (Å²) in [5.74, 6) is 0.836. The van der Waals surface area contributed by atoms with Gasteiger partial charge in [-0.05, 0) is 77.5 Å². The number of hydrogen-bond acceptors (Lipinski definition) is 4. The van der Waals surface area contributed by atoms with Gasteiger partial charge in [0.2, 0.25) is 0 Å². The zero-order valence-corrected chi connectivity index (χ0v) is 19.5. The quantitative estimate of drug-likeness (QED) is 0.518. The first-order valence-electron chi connectivity index (χ1n) is 10.7. The van der Waals surface area contributed by atoms with Gasteiger partial charge in [0.25, 0.3) is 11.8 Å². The Morgan fingerprint density at radius 3 is 2.68 bits per heavy atom. The van der Waals surface area contributed by atoms with E-state index >= 15 is 0 Å². The van der Waals surface area contributed by atoms with Crippen molar-refractivity contribution in [1.82, 2.24) is 5.32 Å². The number of halogens is 1. The molecule has 166 valence electrons. The van der Waals surface area contributed by atoms with Gasteiger partial charge in [-0.2, -0.15) is 0 Å². The molecule has 3 rings (SSSR count). The molecule has 31 heavy (non-hydrogen) atoms. The van der Waals surface area contributed by atoms with Crippen LogP contribution in [0.4, 0.5) is 5.69 Å². The van der Waals surface area contributed by atoms with Crippen LogP contribution in [0.2, 0.25) is 0 Å². The molecule has 1 saturated heterocycles. The summed E-state index contributed by atoms with van der Waals surface area (Å²) in [6.45, 7) is 6.17. The minimum absolute atomic E-state index is 0.0857. The molecule has 1 unspecified atom stereocenters. The Bertz CT molecular complexity index is 910. The number of nitrogens with one attached hydrogen (secondary N) is 2. The predicted octanol–water partition coefficient (Wildman–Crippen LogP) is 5.04. The minimum Gasteiger partial charge on any atom is -0.492 e. The van der Waals surface area contributed by atoms with Crippen molar-refractivity contribution in [2.24, 2.45) is 5.92 Å². The molecule has 7 heteroatoms. The van der Waals surface area contributed by atoms with Gasteiger partial charge in [-0.1, -0.05) is 19.9 Å². The molecular weight excluding hydrogens is 460 g/mol. The molecule has 1 fully saturated rings. The second-order valence-electron chi connectivity index (χ2n) is 8.06. The lowest BCUT2D eigenvalue weighted by atomic mass is 10.1. The fourth-order valence-electron chi connectivity index (χ4n) is 3.22. The van der Waals surface area contributed by atoms with Gasteiger partial charge in [0.15, 0.2) is 0 Å². The van der Waals surface area contributed by atoms with Gasteiger partial charge in [-0.15, -0.1) is 0 Å². The van der Waals surface area contributed by atoms with E-state index in [1.807, 2.05) is 0 Å². The van der Waals surface area contributed by atoms with Gasteiger partial charge >= 0.3 is 0 Å². The largest absolute Gasteiger partial charge is 0.492 e. The van der Waals surface area contributed by atoms with Crippen LogP contribution in [0.3, 0.4) is 0 Å². The highest BCUT2D eigenvalue weighted by atomic mass is 79.9. The van der Waals surface area contributed by atoms with Crippen molar-refractivity contribution >= 4 is 33.4 Å². The fourth-order valence-corrected chi connectivity index (χ4v) is 3.71. The maximum Gasteiger partial charge on any atom is 0.255 e. The van der Waals surface area contributed by atoms with Crippen LogP contribution in [-0.4, -0.2) is 37.7 Å². The highest BCUT2D eigenvalue weighted by Gasteiger charge is 2.17. The van der Waals surface area contributed by atoms with E-state index in [9.17, 15) is 9.59 Å². The number of amides is 2. The van der Waals surface area contributed by atoms with Crippen LogP contribution in [0.25, 0.3) is 0 Å².